The van der Waals surface area contributed by atoms with Crippen LogP contribution < -0.4 is 11.1 Å². The number of benzene rings is 1. The van der Waals surface area contributed by atoms with Gasteiger partial charge in [0.2, 0.25) is 0 Å². The third kappa shape index (κ3) is 5.99. The summed E-state index contributed by atoms with van der Waals surface area (Å²) in [6.07, 6.45) is 1.98. The van der Waals surface area contributed by atoms with E-state index in [1.54, 1.807) is 0 Å². The highest BCUT2D eigenvalue weighted by Gasteiger charge is 2.17. The second-order valence-corrected chi connectivity index (χ2v) is 7.35. The lowest BCUT2D eigenvalue weighted by Gasteiger charge is -2.35. The standard InChI is InChI=1S/C21H37N5/c1-5-18-9-8-10-19(6-2)20(18)24-21(22)23-15-17(4)16-26-13-11-25(7-3)12-14-26/h8-10,17H,5-7,11-16H2,1-4H3,(H3,22,23,24). The van der Waals surface area contributed by atoms with E-state index < -0.39 is 0 Å². The maximum atomic E-state index is 6.19. The number of nitrogens with two attached hydrogens (primary N) is 1. The smallest absolute Gasteiger partial charge is 0.193 e. The van der Waals surface area contributed by atoms with Gasteiger partial charge in [0.15, 0.2) is 5.96 Å². The van der Waals surface area contributed by atoms with Crippen LogP contribution in [0.25, 0.3) is 0 Å². The number of likely N-dealkylation sites (N-methyl/N-ethyl adjacent to an activating group) is 1. The monoisotopic (exact) mass is 359 g/mol. The first-order valence-electron chi connectivity index (χ1n) is 10.2. The predicted molar refractivity (Wildman–Crippen MR) is 113 cm³/mol. The van der Waals surface area contributed by atoms with Crippen molar-refractivity contribution >= 4 is 11.6 Å². The molecule has 5 heteroatoms. The van der Waals surface area contributed by atoms with Crippen molar-refractivity contribution in [1.29, 1.82) is 0 Å². The summed E-state index contributed by atoms with van der Waals surface area (Å²) < 4.78 is 0. The molecular weight excluding hydrogens is 322 g/mol. The number of para-hydroxylation sites is 1. The normalized spacial score (nSPS) is 18.1. The Morgan fingerprint density at radius 3 is 2.19 bits per heavy atom. The minimum Gasteiger partial charge on any atom is -0.370 e. The van der Waals surface area contributed by atoms with E-state index in [4.69, 9.17) is 5.73 Å². The molecule has 0 aromatic heterocycles. The van der Waals surface area contributed by atoms with Crippen molar-refractivity contribution in [3.8, 4) is 0 Å². The lowest BCUT2D eigenvalue weighted by molar-refractivity contribution is 0.125. The Morgan fingerprint density at radius 1 is 1.08 bits per heavy atom. The Labute approximate surface area is 159 Å². The second kappa shape index (κ2) is 10.5. The average Bonchev–Trinajstić information content (AvgIpc) is 2.67. The zero-order chi connectivity index (χ0) is 18.9. The molecule has 1 heterocycles. The van der Waals surface area contributed by atoms with Crippen molar-refractivity contribution in [2.75, 3.05) is 51.1 Å². The molecule has 1 aliphatic heterocycles. The van der Waals surface area contributed by atoms with E-state index in [2.05, 4.69) is 66.0 Å². The van der Waals surface area contributed by atoms with E-state index in [-0.39, 0.29) is 0 Å². The van der Waals surface area contributed by atoms with Crippen molar-refractivity contribution in [2.45, 2.75) is 40.5 Å². The van der Waals surface area contributed by atoms with Gasteiger partial charge in [-0.3, -0.25) is 4.99 Å². The first-order chi connectivity index (χ1) is 12.6. The van der Waals surface area contributed by atoms with Crippen LogP contribution in [0.5, 0.6) is 0 Å². The molecule has 2 rings (SSSR count). The summed E-state index contributed by atoms with van der Waals surface area (Å²) in [6, 6.07) is 6.44. The average molecular weight is 360 g/mol. The Bertz CT molecular complexity index is 554. The van der Waals surface area contributed by atoms with E-state index in [9.17, 15) is 0 Å². The van der Waals surface area contributed by atoms with Crippen LogP contribution in [0.1, 0.15) is 38.8 Å². The van der Waals surface area contributed by atoms with Crippen LogP contribution in [0.4, 0.5) is 5.69 Å². The van der Waals surface area contributed by atoms with Crippen molar-refractivity contribution in [3.05, 3.63) is 29.3 Å². The summed E-state index contributed by atoms with van der Waals surface area (Å²) in [5.41, 5.74) is 9.92. The van der Waals surface area contributed by atoms with Gasteiger partial charge in [-0.25, -0.2) is 0 Å². The number of aryl methyl sites for hydroxylation is 2. The number of rotatable bonds is 8. The molecular formula is C21H37N5. The first-order valence-corrected chi connectivity index (χ1v) is 10.2. The van der Waals surface area contributed by atoms with Gasteiger partial charge in [-0.2, -0.15) is 0 Å². The number of nitrogens with zero attached hydrogens (tertiary/aromatic N) is 3. The summed E-state index contributed by atoms with van der Waals surface area (Å²) >= 11 is 0. The summed E-state index contributed by atoms with van der Waals surface area (Å²) in [5.74, 6) is 1.04. The summed E-state index contributed by atoms with van der Waals surface area (Å²) in [4.78, 5) is 9.68. The molecule has 0 radical (unpaired) electrons. The van der Waals surface area contributed by atoms with Crippen molar-refractivity contribution in [1.82, 2.24) is 9.80 Å². The number of hydrogen-bond donors (Lipinski definition) is 2. The summed E-state index contributed by atoms with van der Waals surface area (Å²) in [5, 5.41) is 3.36. The van der Waals surface area contributed by atoms with Crippen LogP contribution in [0.15, 0.2) is 23.2 Å². The lowest BCUT2D eigenvalue weighted by Crippen LogP contribution is -2.47. The number of aliphatic imine (C=N–C) groups is 1. The highest BCUT2D eigenvalue weighted by atomic mass is 15.3. The zero-order valence-corrected chi connectivity index (χ0v) is 17.1. The number of hydrogen-bond acceptors (Lipinski definition) is 3. The Hall–Kier alpha value is -1.59. The van der Waals surface area contributed by atoms with E-state index >= 15 is 0 Å². The van der Waals surface area contributed by atoms with Gasteiger partial charge < -0.3 is 20.9 Å². The largest absolute Gasteiger partial charge is 0.370 e. The molecule has 1 unspecified atom stereocenters. The maximum Gasteiger partial charge on any atom is 0.193 e. The molecule has 0 aliphatic carbocycles. The molecule has 1 fully saturated rings. The van der Waals surface area contributed by atoms with E-state index in [0.29, 0.717) is 11.9 Å². The molecule has 26 heavy (non-hydrogen) atoms. The molecule has 0 amide bonds. The van der Waals surface area contributed by atoms with Gasteiger partial charge in [-0.05, 0) is 36.4 Å². The van der Waals surface area contributed by atoms with Crippen LogP contribution in [0.2, 0.25) is 0 Å². The van der Waals surface area contributed by atoms with E-state index in [1.165, 1.54) is 37.3 Å². The van der Waals surface area contributed by atoms with Crippen LogP contribution in [-0.4, -0.2) is 61.6 Å². The van der Waals surface area contributed by atoms with Crippen molar-refractivity contribution < 1.29 is 0 Å². The molecule has 1 atom stereocenters. The van der Waals surface area contributed by atoms with E-state index in [1.807, 2.05) is 0 Å². The first kappa shape index (κ1) is 20.7. The van der Waals surface area contributed by atoms with Gasteiger partial charge in [-0.15, -0.1) is 0 Å². The number of piperazine rings is 1. The Balaban J connectivity index is 1.86. The Kier molecular flexibility index (Phi) is 8.39. The molecule has 0 bridgehead atoms. The third-order valence-electron chi connectivity index (χ3n) is 5.31. The highest BCUT2D eigenvalue weighted by Crippen LogP contribution is 2.22. The summed E-state index contributed by atoms with van der Waals surface area (Å²) in [7, 11) is 0. The number of nitrogens with one attached hydrogen (secondary N) is 1. The third-order valence-corrected chi connectivity index (χ3v) is 5.31. The fourth-order valence-electron chi connectivity index (χ4n) is 3.61. The molecule has 146 valence electrons. The molecule has 3 N–H and O–H groups in total. The van der Waals surface area contributed by atoms with Crippen molar-refractivity contribution in [2.24, 2.45) is 16.6 Å². The topological polar surface area (TPSA) is 56.9 Å². The molecule has 1 aromatic rings. The van der Waals surface area contributed by atoms with Gasteiger partial charge >= 0.3 is 0 Å². The van der Waals surface area contributed by atoms with Crippen LogP contribution in [-0.2, 0) is 12.8 Å². The molecule has 0 spiro atoms. The number of guanidine groups is 1. The highest BCUT2D eigenvalue weighted by molar-refractivity contribution is 5.93. The maximum absolute atomic E-state index is 6.19. The van der Waals surface area contributed by atoms with Crippen LogP contribution >= 0.6 is 0 Å². The quantitative estimate of drug-likeness (QED) is 0.553. The van der Waals surface area contributed by atoms with Gasteiger partial charge in [0.05, 0.1) is 0 Å². The van der Waals surface area contributed by atoms with E-state index in [0.717, 1.165) is 38.2 Å². The van der Waals surface area contributed by atoms with Gasteiger partial charge in [0, 0.05) is 45.0 Å². The van der Waals surface area contributed by atoms with Gasteiger partial charge in [0.25, 0.3) is 0 Å². The van der Waals surface area contributed by atoms with Crippen LogP contribution in [0.3, 0.4) is 0 Å². The fourth-order valence-corrected chi connectivity index (χ4v) is 3.61. The van der Waals surface area contributed by atoms with Crippen LogP contribution in [0, 0.1) is 5.92 Å². The molecule has 1 saturated heterocycles. The predicted octanol–water partition coefficient (Wildman–Crippen LogP) is 2.81. The van der Waals surface area contributed by atoms with Crippen molar-refractivity contribution in [3.63, 3.8) is 0 Å². The molecule has 1 aliphatic rings. The second-order valence-electron chi connectivity index (χ2n) is 7.35. The fraction of sp³-hybridized carbons (Fsp3) is 0.667. The zero-order valence-electron chi connectivity index (χ0n) is 17.1. The minimum atomic E-state index is 0.510. The molecule has 5 nitrogen and oxygen atoms in total. The minimum absolute atomic E-state index is 0.510. The SMILES string of the molecule is CCc1cccc(CC)c1NC(N)=NCC(C)CN1CCN(CC)CC1. The molecule has 0 saturated carbocycles. The number of anilines is 1. The summed E-state index contributed by atoms with van der Waals surface area (Å²) in [6.45, 7) is 16.6. The lowest BCUT2D eigenvalue weighted by atomic mass is 10.0. The van der Waals surface area contributed by atoms with Gasteiger partial charge in [-0.1, -0.05) is 45.9 Å². The van der Waals surface area contributed by atoms with Gasteiger partial charge in [0.1, 0.15) is 0 Å². The Morgan fingerprint density at radius 2 is 1.65 bits per heavy atom. The molecule has 1 aromatic carbocycles.